The molecule has 0 aromatic heterocycles. The normalized spacial score (nSPS) is 20.6. The molecule has 0 bridgehead atoms. The number of ether oxygens (including phenoxy) is 4. The zero-order valence-electron chi connectivity index (χ0n) is 23.5. The molecule has 0 N–H and O–H groups in total. The highest BCUT2D eigenvalue weighted by molar-refractivity contribution is 6.35. The van der Waals surface area contributed by atoms with Crippen LogP contribution in [0, 0.1) is 0 Å². The first-order valence-electron chi connectivity index (χ1n) is 13.9. The molecule has 9 heteroatoms. The zero-order chi connectivity index (χ0) is 29.5. The smallest absolute Gasteiger partial charge is 0.246 e. The van der Waals surface area contributed by atoms with Crippen molar-refractivity contribution in [1.82, 2.24) is 4.90 Å². The van der Waals surface area contributed by atoms with Crippen LogP contribution in [0.15, 0.2) is 85.5 Å². The Bertz CT molecular complexity index is 1400. The van der Waals surface area contributed by atoms with Gasteiger partial charge in [0.25, 0.3) is 0 Å². The van der Waals surface area contributed by atoms with E-state index >= 15 is 0 Å². The van der Waals surface area contributed by atoms with E-state index < -0.39 is 5.79 Å². The average molecular weight is 610 g/mol. The van der Waals surface area contributed by atoms with E-state index in [2.05, 4.69) is 11.5 Å². The van der Waals surface area contributed by atoms with Crippen LogP contribution >= 0.6 is 23.2 Å². The Morgan fingerprint density at radius 2 is 1.69 bits per heavy atom. The Morgan fingerprint density at radius 1 is 1.00 bits per heavy atom. The molecule has 0 spiro atoms. The lowest BCUT2D eigenvalue weighted by molar-refractivity contribution is -0.164. The molecule has 42 heavy (non-hydrogen) atoms. The van der Waals surface area contributed by atoms with Gasteiger partial charge in [-0.15, -0.1) is 0 Å². The predicted molar refractivity (Wildman–Crippen MR) is 167 cm³/mol. The van der Waals surface area contributed by atoms with Crippen LogP contribution in [0.4, 0.5) is 5.69 Å². The molecule has 220 valence electrons. The van der Waals surface area contributed by atoms with Crippen LogP contribution < -0.4 is 14.4 Å². The van der Waals surface area contributed by atoms with Gasteiger partial charge in [0.15, 0.2) is 5.79 Å². The van der Waals surface area contributed by atoms with Gasteiger partial charge in [0.05, 0.1) is 11.6 Å². The van der Waals surface area contributed by atoms with Gasteiger partial charge in [-0.2, -0.15) is 0 Å². The third kappa shape index (κ3) is 7.47. The Labute approximate surface area is 256 Å². The molecular formula is C33H34Cl2N2O5. The second kappa shape index (κ2) is 13.7. The molecule has 2 aliphatic rings. The first-order valence-corrected chi connectivity index (χ1v) is 14.6. The first kappa shape index (κ1) is 30.0. The van der Waals surface area contributed by atoms with Gasteiger partial charge in [-0.25, -0.2) is 0 Å². The Kier molecular flexibility index (Phi) is 9.75. The molecule has 2 heterocycles. The standard InChI is InChI=1S/C33H34Cl2N2O5/c1-3-20-39-27-10-4-24(5-11-27)6-15-32(38)37-18-16-36(17-19-37)26-8-12-28(13-9-26)40-22-29-23-41-33(2,42-29)30-14-7-25(34)21-31(30)35/h3-15,21,29H,1,16-20,22-23H2,2H3/b15-6+/t29-,33+/m1/s1. The number of carbonyl (C=O) groups excluding carboxylic acids is 1. The number of benzene rings is 3. The lowest BCUT2D eigenvalue weighted by atomic mass is 10.1. The number of hydrogen-bond donors (Lipinski definition) is 0. The van der Waals surface area contributed by atoms with Crippen molar-refractivity contribution in [1.29, 1.82) is 0 Å². The molecule has 2 saturated heterocycles. The number of piperazine rings is 1. The van der Waals surface area contributed by atoms with Crippen molar-refractivity contribution in [2.24, 2.45) is 0 Å². The third-order valence-electron chi connectivity index (χ3n) is 7.25. The minimum Gasteiger partial charge on any atom is -0.491 e. The summed E-state index contributed by atoms with van der Waals surface area (Å²) in [4.78, 5) is 16.9. The van der Waals surface area contributed by atoms with Crippen LogP contribution in [0.2, 0.25) is 10.0 Å². The number of hydrogen-bond acceptors (Lipinski definition) is 6. The molecule has 2 aliphatic heterocycles. The molecule has 2 atom stereocenters. The van der Waals surface area contributed by atoms with Crippen LogP contribution in [0.1, 0.15) is 18.1 Å². The first-order chi connectivity index (χ1) is 20.3. The Hall–Kier alpha value is -3.49. The zero-order valence-corrected chi connectivity index (χ0v) is 25.0. The molecule has 0 unspecified atom stereocenters. The maximum atomic E-state index is 12.7. The van der Waals surface area contributed by atoms with E-state index in [0.29, 0.717) is 43.0 Å². The van der Waals surface area contributed by atoms with Crippen LogP contribution in [0.3, 0.4) is 0 Å². The monoisotopic (exact) mass is 608 g/mol. The molecule has 0 saturated carbocycles. The number of rotatable bonds is 10. The van der Waals surface area contributed by atoms with E-state index in [1.54, 1.807) is 24.3 Å². The van der Waals surface area contributed by atoms with Gasteiger partial charge in [0, 0.05) is 48.5 Å². The summed E-state index contributed by atoms with van der Waals surface area (Å²) in [7, 11) is 0. The molecule has 3 aromatic carbocycles. The van der Waals surface area contributed by atoms with E-state index in [4.69, 9.17) is 42.1 Å². The molecule has 1 amide bonds. The number of carbonyl (C=O) groups is 1. The fourth-order valence-electron chi connectivity index (χ4n) is 4.95. The van der Waals surface area contributed by atoms with Crippen molar-refractivity contribution in [3.05, 3.63) is 107 Å². The fourth-order valence-corrected chi connectivity index (χ4v) is 5.53. The van der Waals surface area contributed by atoms with Crippen LogP contribution in [-0.4, -0.2) is 62.9 Å². The minimum atomic E-state index is -0.953. The molecule has 7 nitrogen and oxygen atoms in total. The van der Waals surface area contributed by atoms with E-state index in [0.717, 1.165) is 41.4 Å². The van der Waals surface area contributed by atoms with Gasteiger partial charge in [-0.3, -0.25) is 4.79 Å². The summed E-state index contributed by atoms with van der Waals surface area (Å²) in [5.41, 5.74) is 2.77. The Morgan fingerprint density at radius 3 is 2.38 bits per heavy atom. The van der Waals surface area contributed by atoms with Crippen molar-refractivity contribution in [3.8, 4) is 11.5 Å². The average Bonchev–Trinajstić information content (AvgIpc) is 3.40. The van der Waals surface area contributed by atoms with Crippen molar-refractivity contribution in [2.45, 2.75) is 18.8 Å². The summed E-state index contributed by atoms with van der Waals surface area (Å²) in [5, 5.41) is 1.06. The maximum Gasteiger partial charge on any atom is 0.246 e. The van der Waals surface area contributed by atoms with Gasteiger partial charge in [0.2, 0.25) is 5.91 Å². The number of amides is 1. The predicted octanol–water partition coefficient (Wildman–Crippen LogP) is 6.59. The molecule has 5 rings (SSSR count). The molecule has 0 radical (unpaired) electrons. The van der Waals surface area contributed by atoms with Crippen molar-refractivity contribution in [3.63, 3.8) is 0 Å². The molecule has 3 aromatic rings. The van der Waals surface area contributed by atoms with Gasteiger partial charge in [-0.1, -0.05) is 54.1 Å². The largest absolute Gasteiger partial charge is 0.491 e. The summed E-state index contributed by atoms with van der Waals surface area (Å²) in [6.45, 7) is 9.53. The van der Waals surface area contributed by atoms with Gasteiger partial charge in [-0.05, 0) is 67.1 Å². The summed E-state index contributed by atoms with van der Waals surface area (Å²) in [6.07, 6.45) is 4.93. The summed E-state index contributed by atoms with van der Waals surface area (Å²) in [6, 6.07) is 20.9. The van der Waals surface area contributed by atoms with E-state index in [1.165, 1.54) is 0 Å². The summed E-state index contributed by atoms with van der Waals surface area (Å²) >= 11 is 12.4. The fraction of sp³-hybridized carbons (Fsp3) is 0.303. The topological polar surface area (TPSA) is 60.5 Å². The highest BCUT2D eigenvalue weighted by Crippen LogP contribution is 2.38. The third-order valence-corrected chi connectivity index (χ3v) is 7.80. The number of halogens is 2. The highest BCUT2D eigenvalue weighted by Gasteiger charge is 2.40. The van der Waals surface area contributed by atoms with Crippen LogP contribution in [0.25, 0.3) is 6.08 Å². The van der Waals surface area contributed by atoms with Crippen molar-refractivity contribution in [2.75, 3.05) is 50.9 Å². The Balaban J connectivity index is 1.06. The van der Waals surface area contributed by atoms with Crippen molar-refractivity contribution < 1.29 is 23.7 Å². The van der Waals surface area contributed by atoms with E-state index in [-0.39, 0.29) is 12.0 Å². The van der Waals surface area contributed by atoms with Gasteiger partial charge < -0.3 is 28.7 Å². The van der Waals surface area contributed by atoms with E-state index in [1.807, 2.05) is 72.5 Å². The van der Waals surface area contributed by atoms with Crippen LogP contribution in [-0.2, 0) is 20.1 Å². The minimum absolute atomic E-state index is 0.0120. The number of nitrogens with zero attached hydrogens (tertiary/aromatic N) is 2. The number of anilines is 1. The quantitative estimate of drug-likeness (QED) is 0.191. The van der Waals surface area contributed by atoms with E-state index in [9.17, 15) is 4.79 Å². The summed E-state index contributed by atoms with van der Waals surface area (Å²) in [5.74, 6) is 0.582. The lowest BCUT2D eigenvalue weighted by Gasteiger charge is -2.35. The van der Waals surface area contributed by atoms with Crippen LogP contribution in [0.5, 0.6) is 11.5 Å². The SMILES string of the molecule is C=CCOc1ccc(/C=C/C(=O)N2CCN(c3ccc(OC[C@@H]4CO[C@](C)(c5ccc(Cl)cc5Cl)O4)cc3)CC2)cc1. The summed E-state index contributed by atoms with van der Waals surface area (Å²) < 4.78 is 23.6. The lowest BCUT2D eigenvalue weighted by Crippen LogP contribution is -2.48. The highest BCUT2D eigenvalue weighted by atomic mass is 35.5. The maximum absolute atomic E-state index is 12.7. The van der Waals surface area contributed by atoms with Gasteiger partial charge in [0.1, 0.15) is 30.8 Å². The molecule has 0 aliphatic carbocycles. The molecule has 2 fully saturated rings. The second-order valence-corrected chi connectivity index (χ2v) is 11.1. The van der Waals surface area contributed by atoms with Crippen molar-refractivity contribution >= 4 is 40.9 Å². The molecular weight excluding hydrogens is 575 g/mol. The second-order valence-electron chi connectivity index (χ2n) is 10.2. The van der Waals surface area contributed by atoms with Gasteiger partial charge >= 0.3 is 0 Å².